The van der Waals surface area contributed by atoms with Gasteiger partial charge in [0, 0.05) is 22.7 Å². The molecule has 4 rings (SSSR count). The normalized spacial score (nSPS) is 10.4. The molecule has 152 valence electrons. The molecule has 0 saturated carbocycles. The minimum absolute atomic E-state index is 0. The van der Waals surface area contributed by atoms with Gasteiger partial charge in [0.05, 0.1) is 22.6 Å². The molecular weight excluding hydrogens is 451 g/mol. The highest BCUT2D eigenvalue weighted by Gasteiger charge is 2.17. The summed E-state index contributed by atoms with van der Waals surface area (Å²) < 4.78 is 27.5. The standard InChI is InChI=1S/C21H12ClF2N3OS.ClH/c22-15-6-4-12(21-25-8-9-29-21)10-14(15)18-7-5-13(11-26-18)27-20(28)19-16(23)2-1-3-17(19)24;/h1-11H,(H,27,28);1H. The molecule has 4 aromatic rings. The summed E-state index contributed by atoms with van der Waals surface area (Å²) in [6.07, 6.45) is 3.13. The number of hydrogen-bond donors (Lipinski definition) is 1. The summed E-state index contributed by atoms with van der Waals surface area (Å²) in [6, 6.07) is 12.0. The molecule has 0 spiro atoms. The zero-order valence-electron chi connectivity index (χ0n) is 15.1. The molecule has 0 unspecified atom stereocenters. The number of nitrogens with zero attached hydrogens (tertiary/aromatic N) is 2. The number of halogens is 4. The third-order valence-electron chi connectivity index (χ3n) is 4.13. The summed E-state index contributed by atoms with van der Waals surface area (Å²) in [5.74, 6) is -2.75. The molecule has 0 atom stereocenters. The molecule has 0 radical (unpaired) electrons. The lowest BCUT2D eigenvalue weighted by atomic mass is 10.1. The van der Waals surface area contributed by atoms with Crippen LogP contribution in [0.1, 0.15) is 10.4 Å². The van der Waals surface area contributed by atoms with Gasteiger partial charge < -0.3 is 5.32 Å². The van der Waals surface area contributed by atoms with Crippen LogP contribution in [0.2, 0.25) is 5.02 Å². The Hall–Kier alpha value is -2.87. The van der Waals surface area contributed by atoms with Gasteiger partial charge in [0.1, 0.15) is 22.2 Å². The third-order valence-corrected chi connectivity index (χ3v) is 5.28. The quantitative estimate of drug-likeness (QED) is 0.376. The summed E-state index contributed by atoms with van der Waals surface area (Å²) in [7, 11) is 0. The summed E-state index contributed by atoms with van der Waals surface area (Å²) in [5.41, 5.74) is 1.86. The van der Waals surface area contributed by atoms with Crippen LogP contribution in [0.25, 0.3) is 21.8 Å². The molecule has 0 aliphatic heterocycles. The van der Waals surface area contributed by atoms with Crippen LogP contribution in [0.3, 0.4) is 0 Å². The lowest BCUT2D eigenvalue weighted by molar-refractivity contribution is 0.101. The first-order chi connectivity index (χ1) is 14.0. The van der Waals surface area contributed by atoms with Gasteiger partial charge in [-0.05, 0) is 36.4 Å². The van der Waals surface area contributed by atoms with Gasteiger partial charge in [-0.1, -0.05) is 23.7 Å². The SMILES string of the molecule is Cl.O=C(Nc1ccc(-c2cc(-c3nccs3)ccc2Cl)nc1)c1c(F)cccc1F. The van der Waals surface area contributed by atoms with E-state index in [2.05, 4.69) is 15.3 Å². The first kappa shape index (κ1) is 21.8. The second-order valence-electron chi connectivity index (χ2n) is 6.01. The number of thiazole rings is 1. The van der Waals surface area contributed by atoms with E-state index in [0.717, 1.165) is 22.7 Å². The summed E-state index contributed by atoms with van der Waals surface area (Å²) in [4.78, 5) is 20.8. The van der Waals surface area contributed by atoms with Gasteiger partial charge in [0.25, 0.3) is 5.91 Å². The number of hydrogen-bond acceptors (Lipinski definition) is 4. The Bertz CT molecular complexity index is 1170. The van der Waals surface area contributed by atoms with Gasteiger partial charge >= 0.3 is 0 Å². The number of aromatic nitrogens is 2. The summed E-state index contributed by atoms with van der Waals surface area (Å²) in [5, 5.41) is 5.71. The maximum atomic E-state index is 13.8. The highest BCUT2D eigenvalue weighted by Crippen LogP contribution is 2.32. The van der Waals surface area contributed by atoms with E-state index in [1.54, 1.807) is 24.4 Å². The Morgan fingerprint density at radius 3 is 2.43 bits per heavy atom. The molecule has 2 aromatic carbocycles. The largest absolute Gasteiger partial charge is 0.320 e. The van der Waals surface area contributed by atoms with Gasteiger partial charge in [0.2, 0.25) is 0 Å². The van der Waals surface area contributed by atoms with Crippen molar-refractivity contribution in [3.63, 3.8) is 0 Å². The van der Waals surface area contributed by atoms with Gasteiger partial charge in [-0.2, -0.15) is 0 Å². The fraction of sp³-hybridized carbons (Fsp3) is 0. The number of amides is 1. The third kappa shape index (κ3) is 4.48. The maximum absolute atomic E-state index is 13.8. The van der Waals surface area contributed by atoms with E-state index in [0.29, 0.717) is 22.0 Å². The maximum Gasteiger partial charge on any atom is 0.261 e. The van der Waals surface area contributed by atoms with Crippen LogP contribution >= 0.6 is 35.3 Å². The van der Waals surface area contributed by atoms with Crippen molar-refractivity contribution in [2.24, 2.45) is 0 Å². The number of pyridine rings is 1. The molecule has 0 bridgehead atoms. The molecule has 0 saturated heterocycles. The predicted molar refractivity (Wildman–Crippen MR) is 117 cm³/mol. The molecule has 30 heavy (non-hydrogen) atoms. The fourth-order valence-corrected chi connectivity index (χ4v) is 3.61. The van der Waals surface area contributed by atoms with Crippen molar-refractivity contribution in [3.05, 3.63) is 88.5 Å². The molecule has 0 aliphatic rings. The van der Waals surface area contributed by atoms with E-state index in [4.69, 9.17) is 11.6 Å². The van der Waals surface area contributed by atoms with Crippen LogP contribution in [0, 0.1) is 11.6 Å². The number of nitrogens with one attached hydrogen (secondary N) is 1. The van der Waals surface area contributed by atoms with Crippen molar-refractivity contribution in [2.75, 3.05) is 5.32 Å². The zero-order valence-corrected chi connectivity index (χ0v) is 17.5. The molecule has 2 aromatic heterocycles. The average molecular weight is 464 g/mol. The van der Waals surface area contributed by atoms with Crippen molar-refractivity contribution in [3.8, 4) is 21.8 Å². The van der Waals surface area contributed by atoms with Gasteiger partial charge in [-0.25, -0.2) is 13.8 Å². The fourth-order valence-electron chi connectivity index (χ4n) is 2.76. The molecule has 1 N–H and O–H groups in total. The highest BCUT2D eigenvalue weighted by atomic mass is 35.5. The smallest absolute Gasteiger partial charge is 0.261 e. The van der Waals surface area contributed by atoms with E-state index in [9.17, 15) is 13.6 Å². The van der Waals surface area contributed by atoms with Crippen LogP contribution in [0.5, 0.6) is 0 Å². The molecule has 0 aliphatic carbocycles. The van der Waals surface area contributed by atoms with Gasteiger partial charge in [0.15, 0.2) is 0 Å². The van der Waals surface area contributed by atoms with Crippen LogP contribution in [-0.2, 0) is 0 Å². The van der Waals surface area contributed by atoms with E-state index >= 15 is 0 Å². The number of carbonyl (C=O) groups excluding carboxylic acids is 1. The first-order valence-corrected chi connectivity index (χ1v) is 9.70. The Kier molecular flexibility index (Phi) is 6.77. The van der Waals surface area contributed by atoms with Crippen LogP contribution in [0.4, 0.5) is 14.5 Å². The van der Waals surface area contributed by atoms with Gasteiger partial charge in [-0.15, -0.1) is 23.7 Å². The van der Waals surface area contributed by atoms with E-state index in [-0.39, 0.29) is 12.4 Å². The van der Waals surface area contributed by atoms with E-state index in [1.807, 2.05) is 17.5 Å². The van der Waals surface area contributed by atoms with Crippen molar-refractivity contribution in [1.29, 1.82) is 0 Å². The monoisotopic (exact) mass is 463 g/mol. The number of carbonyl (C=O) groups is 1. The minimum atomic E-state index is -0.933. The van der Waals surface area contributed by atoms with Crippen LogP contribution in [-0.4, -0.2) is 15.9 Å². The predicted octanol–water partition coefficient (Wildman–Crippen LogP) is 6.48. The second kappa shape index (κ2) is 9.30. The Morgan fingerprint density at radius 2 is 1.80 bits per heavy atom. The van der Waals surface area contributed by atoms with Crippen molar-refractivity contribution < 1.29 is 13.6 Å². The Balaban J connectivity index is 0.00000256. The first-order valence-electron chi connectivity index (χ1n) is 8.44. The molecular formula is C21H13Cl2F2N3OS. The molecule has 1 amide bonds. The van der Waals surface area contributed by atoms with Crippen LogP contribution < -0.4 is 5.32 Å². The molecule has 9 heteroatoms. The topological polar surface area (TPSA) is 54.9 Å². The number of rotatable bonds is 4. The average Bonchev–Trinajstić information content (AvgIpc) is 3.24. The van der Waals surface area contributed by atoms with Gasteiger partial charge in [-0.3, -0.25) is 9.78 Å². The Morgan fingerprint density at radius 1 is 1.03 bits per heavy atom. The summed E-state index contributed by atoms with van der Waals surface area (Å²) in [6.45, 7) is 0. The Labute approximate surface area is 186 Å². The second-order valence-corrected chi connectivity index (χ2v) is 7.32. The lowest BCUT2D eigenvalue weighted by Crippen LogP contribution is -2.15. The highest BCUT2D eigenvalue weighted by molar-refractivity contribution is 7.13. The van der Waals surface area contributed by atoms with Crippen molar-refractivity contribution in [1.82, 2.24) is 9.97 Å². The van der Waals surface area contributed by atoms with Crippen molar-refractivity contribution >= 4 is 46.9 Å². The molecule has 4 nitrogen and oxygen atoms in total. The zero-order chi connectivity index (χ0) is 20.4. The number of benzene rings is 2. The van der Waals surface area contributed by atoms with E-state index in [1.165, 1.54) is 23.6 Å². The summed E-state index contributed by atoms with van der Waals surface area (Å²) >= 11 is 7.83. The lowest BCUT2D eigenvalue weighted by Gasteiger charge is -2.09. The number of anilines is 1. The van der Waals surface area contributed by atoms with E-state index < -0.39 is 23.1 Å². The molecule has 0 fully saturated rings. The minimum Gasteiger partial charge on any atom is -0.320 e. The van der Waals surface area contributed by atoms with Crippen molar-refractivity contribution in [2.45, 2.75) is 0 Å². The van der Waals surface area contributed by atoms with Crippen LogP contribution in [0.15, 0.2) is 66.3 Å². The molecule has 2 heterocycles.